The van der Waals surface area contributed by atoms with E-state index >= 15 is 0 Å². The molecule has 18 heavy (non-hydrogen) atoms. The Morgan fingerprint density at radius 2 is 1.78 bits per heavy atom. The Labute approximate surface area is 107 Å². The van der Waals surface area contributed by atoms with Gasteiger partial charge in [-0.2, -0.15) is 0 Å². The first kappa shape index (κ1) is 12.3. The van der Waals surface area contributed by atoms with Crippen LogP contribution in [0.1, 0.15) is 17.5 Å². The van der Waals surface area contributed by atoms with Crippen molar-refractivity contribution in [2.24, 2.45) is 5.16 Å². The van der Waals surface area contributed by atoms with E-state index in [1.165, 1.54) is 11.8 Å². The molecule has 1 heterocycles. The lowest BCUT2D eigenvalue weighted by Crippen LogP contribution is -2.32. The summed E-state index contributed by atoms with van der Waals surface area (Å²) < 4.78 is 2.14. The average Bonchev–Trinajstić information content (AvgIpc) is 2.42. The number of benzene rings is 1. The van der Waals surface area contributed by atoms with E-state index in [2.05, 4.69) is 34.0 Å². The molecule has 0 aliphatic heterocycles. The summed E-state index contributed by atoms with van der Waals surface area (Å²) in [4.78, 5) is 0. The van der Waals surface area contributed by atoms with Gasteiger partial charge in [-0.15, -0.1) is 0 Å². The summed E-state index contributed by atoms with van der Waals surface area (Å²) in [5.41, 5.74) is 2.28. The van der Waals surface area contributed by atoms with Gasteiger partial charge in [0.25, 0.3) is 0 Å². The summed E-state index contributed by atoms with van der Waals surface area (Å²) in [6, 6.07) is 14.4. The van der Waals surface area contributed by atoms with Crippen LogP contribution in [-0.4, -0.2) is 11.4 Å². The molecule has 3 heteroatoms. The first-order valence-electron chi connectivity index (χ1n) is 6.09. The molecule has 0 spiro atoms. The second kappa shape index (κ2) is 6.55. The molecule has 0 amide bonds. The quantitative estimate of drug-likeness (QED) is 0.371. The Morgan fingerprint density at radius 3 is 2.44 bits per heavy atom. The van der Waals surface area contributed by atoms with Crippen LogP contribution in [0.5, 0.6) is 0 Å². The standard InChI is InChI=1S/C15H16N2O/c18-16-13-15-8-11-17(12-9-15)10-4-7-14-5-2-1-3-6-14/h1-3,5-6,8-9,11-13H,4,7,10H2/p+1. The predicted octanol–water partition coefficient (Wildman–Crippen LogP) is 2.42. The zero-order valence-electron chi connectivity index (χ0n) is 10.2. The molecular weight excluding hydrogens is 224 g/mol. The monoisotopic (exact) mass is 241 g/mol. The van der Waals surface area contributed by atoms with Gasteiger partial charge in [-0.05, 0) is 12.0 Å². The fraction of sp³-hybridized carbons (Fsp3) is 0.200. The second-order valence-electron chi connectivity index (χ2n) is 4.20. The molecule has 0 fully saturated rings. The van der Waals surface area contributed by atoms with Gasteiger partial charge in [0.05, 0.1) is 6.21 Å². The van der Waals surface area contributed by atoms with Crippen LogP contribution < -0.4 is 4.57 Å². The lowest BCUT2D eigenvalue weighted by atomic mass is 10.1. The van der Waals surface area contributed by atoms with Crippen LogP contribution in [0.15, 0.2) is 60.0 Å². The van der Waals surface area contributed by atoms with Gasteiger partial charge < -0.3 is 5.21 Å². The lowest BCUT2D eigenvalue weighted by molar-refractivity contribution is -0.697. The number of aryl methyl sites for hydroxylation is 2. The van der Waals surface area contributed by atoms with E-state index in [9.17, 15) is 0 Å². The number of pyridine rings is 1. The maximum atomic E-state index is 8.42. The highest BCUT2D eigenvalue weighted by Gasteiger charge is 2.00. The van der Waals surface area contributed by atoms with Crippen LogP contribution in [0.3, 0.4) is 0 Å². The molecular formula is C15H17N2O+. The molecule has 2 rings (SSSR count). The Kier molecular flexibility index (Phi) is 4.47. The lowest BCUT2D eigenvalue weighted by Gasteiger charge is -1.99. The van der Waals surface area contributed by atoms with Gasteiger partial charge in [-0.3, -0.25) is 0 Å². The fourth-order valence-corrected chi connectivity index (χ4v) is 1.88. The van der Waals surface area contributed by atoms with E-state index in [0.717, 1.165) is 24.9 Å². The van der Waals surface area contributed by atoms with Crippen molar-refractivity contribution in [3.8, 4) is 0 Å². The number of oxime groups is 1. The van der Waals surface area contributed by atoms with Gasteiger partial charge >= 0.3 is 0 Å². The van der Waals surface area contributed by atoms with Crippen molar-refractivity contribution in [2.45, 2.75) is 19.4 Å². The molecule has 2 aromatic rings. The van der Waals surface area contributed by atoms with Gasteiger partial charge in [0, 0.05) is 24.1 Å². The van der Waals surface area contributed by atoms with Gasteiger partial charge in [-0.1, -0.05) is 35.5 Å². The Balaban J connectivity index is 1.83. The zero-order valence-corrected chi connectivity index (χ0v) is 10.2. The summed E-state index contributed by atoms with van der Waals surface area (Å²) in [6.07, 6.45) is 7.63. The summed E-state index contributed by atoms with van der Waals surface area (Å²) in [6.45, 7) is 0.992. The smallest absolute Gasteiger partial charge is 0.169 e. The van der Waals surface area contributed by atoms with E-state index < -0.39 is 0 Å². The summed E-state index contributed by atoms with van der Waals surface area (Å²) in [5.74, 6) is 0. The minimum atomic E-state index is 0.900. The van der Waals surface area contributed by atoms with Crippen molar-refractivity contribution in [3.05, 3.63) is 66.0 Å². The normalized spacial score (nSPS) is 10.9. The van der Waals surface area contributed by atoms with Crippen LogP contribution >= 0.6 is 0 Å². The number of hydrogen-bond donors (Lipinski definition) is 1. The van der Waals surface area contributed by atoms with Crippen molar-refractivity contribution in [2.75, 3.05) is 0 Å². The van der Waals surface area contributed by atoms with E-state index in [4.69, 9.17) is 5.21 Å². The minimum absolute atomic E-state index is 0.900. The summed E-state index contributed by atoms with van der Waals surface area (Å²) in [5, 5.41) is 11.4. The molecule has 1 N–H and O–H groups in total. The number of hydrogen-bond acceptors (Lipinski definition) is 2. The summed E-state index contributed by atoms with van der Waals surface area (Å²) in [7, 11) is 0. The second-order valence-corrected chi connectivity index (χ2v) is 4.20. The van der Waals surface area contributed by atoms with Crippen LogP contribution in [0.4, 0.5) is 0 Å². The van der Waals surface area contributed by atoms with Crippen molar-refractivity contribution in [1.82, 2.24) is 0 Å². The average molecular weight is 241 g/mol. The van der Waals surface area contributed by atoms with E-state index in [-0.39, 0.29) is 0 Å². The molecule has 0 atom stereocenters. The molecule has 92 valence electrons. The SMILES string of the molecule is O/N=C/c1cc[n+](CCCc2ccccc2)cc1. The highest BCUT2D eigenvalue weighted by Crippen LogP contribution is 2.02. The molecule has 0 bridgehead atoms. The van der Waals surface area contributed by atoms with Crippen LogP contribution in [0.2, 0.25) is 0 Å². The molecule has 1 aromatic carbocycles. The van der Waals surface area contributed by atoms with Crippen LogP contribution in [0, 0.1) is 0 Å². The van der Waals surface area contributed by atoms with Gasteiger partial charge in [0.1, 0.15) is 6.54 Å². The maximum Gasteiger partial charge on any atom is 0.169 e. The Hall–Kier alpha value is -2.16. The number of nitrogens with zero attached hydrogens (tertiary/aromatic N) is 2. The van der Waals surface area contributed by atoms with E-state index in [1.54, 1.807) is 0 Å². The third-order valence-electron chi connectivity index (χ3n) is 2.85. The van der Waals surface area contributed by atoms with Crippen molar-refractivity contribution in [3.63, 3.8) is 0 Å². The predicted molar refractivity (Wildman–Crippen MR) is 70.8 cm³/mol. The van der Waals surface area contributed by atoms with E-state index in [0.29, 0.717) is 0 Å². The van der Waals surface area contributed by atoms with Gasteiger partial charge in [0.15, 0.2) is 12.4 Å². The van der Waals surface area contributed by atoms with E-state index in [1.807, 2.05) is 30.6 Å². The molecule has 0 aliphatic rings. The zero-order chi connectivity index (χ0) is 12.6. The topological polar surface area (TPSA) is 36.5 Å². The molecule has 0 saturated carbocycles. The first-order chi connectivity index (χ1) is 8.88. The van der Waals surface area contributed by atoms with Crippen LogP contribution in [-0.2, 0) is 13.0 Å². The van der Waals surface area contributed by atoms with Crippen molar-refractivity contribution >= 4 is 6.21 Å². The minimum Gasteiger partial charge on any atom is -0.411 e. The highest BCUT2D eigenvalue weighted by molar-refractivity contribution is 5.78. The van der Waals surface area contributed by atoms with Crippen molar-refractivity contribution in [1.29, 1.82) is 0 Å². The highest BCUT2D eigenvalue weighted by atomic mass is 16.4. The van der Waals surface area contributed by atoms with Gasteiger partial charge in [0.2, 0.25) is 0 Å². The largest absolute Gasteiger partial charge is 0.411 e. The first-order valence-corrected chi connectivity index (χ1v) is 6.09. The molecule has 0 unspecified atom stereocenters. The number of aromatic nitrogens is 1. The molecule has 3 nitrogen and oxygen atoms in total. The molecule has 0 aliphatic carbocycles. The summed E-state index contributed by atoms with van der Waals surface area (Å²) >= 11 is 0. The fourth-order valence-electron chi connectivity index (χ4n) is 1.88. The third-order valence-corrected chi connectivity index (χ3v) is 2.85. The van der Waals surface area contributed by atoms with Crippen LogP contribution in [0.25, 0.3) is 0 Å². The van der Waals surface area contributed by atoms with Gasteiger partial charge in [-0.25, -0.2) is 4.57 Å². The Bertz CT molecular complexity index is 492. The maximum absolute atomic E-state index is 8.42. The molecule has 0 saturated heterocycles. The number of rotatable bonds is 5. The Morgan fingerprint density at radius 1 is 1.06 bits per heavy atom. The third kappa shape index (κ3) is 3.70. The van der Waals surface area contributed by atoms with Crippen molar-refractivity contribution < 1.29 is 9.77 Å². The molecule has 0 radical (unpaired) electrons. The molecule has 1 aromatic heterocycles.